The van der Waals surface area contributed by atoms with Gasteiger partial charge in [-0.05, 0) is 49.9 Å². The Balaban J connectivity index is 1.95. The van der Waals surface area contributed by atoms with Crippen LogP contribution in [0.25, 0.3) is 0 Å². The van der Waals surface area contributed by atoms with Crippen LogP contribution in [0.2, 0.25) is 0 Å². The van der Waals surface area contributed by atoms with E-state index < -0.39 is 0 Å². The van der Waals surface area contributed by atoms with Gasteiger partial charge in [0.1, 0.15) is 0 Å². The molecule has 1 amide bonds. The number of primary amides is 1. The lowest BCUT2D eigenvalue weighted by Gasteiger charge is -2.40. The molecule has 4 unspecified atom stereocenters. The summed E-state index contributed by atoms with van der Waals surface area (Å²) in [4.78, 5) is 11.7. The average molecular weight is 193 g/mol. The number of fused-ring (bicyclic) bond motifs is 5. The van der Waals surface area contributed by atoms with Gasteiger partial charge in [0.25, 0.3) is 0 Å². The molecule has 0 aliphatic heterocycles. The molecule has 4 atom stereocenters. The normalized spacial score (nSPS) is 50.4. The number of nitrogens with two attached hydrogens (primary N) is 1. The molecule has 3 rings (SSSR count). The quantitative estimate of drug-likeness (QED) is 0.680. The van der Waals surface area contributed by atoms with Gasteiger partial charge in [-0.25, -0.2) is 0 Å². The van der Waals surface area contributed by atoms with Gasteiger partial charge >= 0.3 is 0 Å². The summed E-state index contributed by atoms with van der Waals surface area (Å²) in [6.45, 7) is 0. The second kappa shape index (κ2) is 2.74. The van der Waals surface area contributed by atoms with Crippen molar-refractivity contribution in [3.8, 4) is 0 Å². The van der Waals surface area contributed by atoms with Crippen molar-refractivity contribution in [3.05, 3.63) is 0 Å². The molecule has 0 heterocycles. The summed E-state index contributed by atoms with van der Waals surface area (Å²) in [6, 6.07) is 0. The van der Waals surface area contributed by atoms with Crippen LogP contribution < -0.4 is 5.73 Å². The molecule has 3 saturated carbocycles. The van der Waals surface area contributed by atoms with Crippen molar-refractivity contribution in [1.29, 1.82) is 0 Å². The van der Waals surface area contributed by atoms with E-state index in [0.717, 1.165) is 24.7 Å². The number of hydrogen-bond donors (Lipinski definition) is 1. The van der Waals surface area contributed by atoms with E-state index in [0.29, 0.717) is 5.92 Å². The lowest BCUT2D eigenvalue weighted by atomic mass is 9.64. The molecule has 0 aromatic heterocycles. The third kappa shape index (κ3) is 0.896. The maximum absolute atomic E-state index is 11.7. The van der Waals surface area contributed by atoms with Crippen LogP contribution in [-0.2, 0) is 4.79 Å². The van der Waals surface area contributed by atoms with Gasteiger partial charge in [-0.15, -0.1) is 0 Å². The van der Waals surface area contributed by atoms with Crippen molar-refractivity contribution in [2.24, 2.45) is 28.9 Å². The van der Waals surface area contributed by atoms with Crippen LogP contribution in [0, 0.1) is 23.2 Å². The van der Waals surface area contributed by atoms with Crippen LogP contribution >= 0.6 is 0 Å². The summed E-state index contributed by atoms with van der Waals surface area (Å²) >= 11 is 0. The Hall–Kier alpha value is -0.530. The molecular weight excluding hydrogens is 174 g/mol. The molecule has 2 bridgehead atoms. The highest BCUT2D eigenvalue weighted by Gasteiger charge is 2.60. The first kappa shape index (κ1) is 8.75. The molecule has 0 radical (unpaired) electrons. The van der Waals surface area contributed by atoms with E-state index in [1.807, 2.05) is 0 Å². The second-order valence-electron chi connectivity index (χ2n) is 5.58. The average Bonchev–Trinajstić information content (AvgIpc) is 2.75. The Morgan fingerprint density at radius 3 is 2.79 bits per heavy atom. The Bertz CT molecular complexity index is 275. The van der Waals surface area contributed by atoms with Gasteiger partial charge in [0.2, 0.25) is 5.91 Å². The minimum atomic E-state index is -0.0598. The maximum Gasteiger partial charge on any atom is 0.223 e. The smallest absolute Gasteiger partial charge is 0.223 e. The zero-order valence-electron chi connectivity index (χ0n) is 8.67. The molecule has 2 N–H and O–H groups in total. The molecule has 0 saturated heterocycles. The van der Waals surface area contributed by atoms with E-state index in [9.17, 15) is 4.79 Å². The molecule has 3 aliphatic rings. The van der Waals surface area contributed by atoms with Gasteiger partial charge in [-0.3, -0.25) is 4.79 Å². The summed E-state index contributed by atoms with van der Waals surface area (Å²) < 4.78 is 0. The zero-order valence-corrected chi connectivity index (χ0v) is 8.67. The predicted molar refractivity (Wildman–Crippen MR) is 54.4 cm³/mol. The Labute approximate surface area is 85.2 Å². The van der Waals surface area contributed by atoms with E-state index in [1.54, 1.807) is 0 Å². The Morgan fingerprint density at radius 1 is 1.21 bits per heavy atom. The van der Waals surface area contributed by atoms with E-state index in [-0.39, 0.29) is 11.3 Å². The lowest BCUT2D eigenvalue weighted by molar-refractivity contribution is -0.131. The van der Waals surface area contributed by atoms with Crippen LogP contribution in [0.1, 0.15) is 44.9 Å². The SMILES string of the molecule is NC(=O)C12CCC(C1)C1CCCCC12. The molecule has 78 valence electrons. The van der Waals surface area contributed by atoms with Crippen molar-refractivity contribution in [2.75, 3.05) is 0 Å². The van der Waals surface area contributed by atoms with Crippen molar-refractivity contribution < 1.29 is 4.79 Å². The summed E-state index contributed by atoms with van der Waals surface area (Å²) in [5.41, 5.74) is 5.58. The third-order valence-corrected chi connectivity index (χ3v) is 5.21. The summed E-state index contributed by atoms with van der Waals surface area (Å²) in [5.74, 6) is 2.36. The minimum Gasteiger partial charge on any atom is -0.369 e. The largest absolute Gasteiger partial charge is 0.369 e. The first-order chi connectivity index (χ1) is 6.74. The minimum absolute atomic E-state index is 0.00870. The highest BCUT2D eigenvalue weighted by atomic mass is 16.1. The molecule has 2 heteroatoms. The van der Waals surface area contributed by atoms with Crippen LogP contribution in [0.3, 0.4) is 0 Å². The molecule has 3 fully saturated rings. The van der Waals surface area contributed by atoms with E-state index in [1.165, 1.54) is 32.1 Å². The van der Waals surface area contributed by atoms with Gasteiger partial charge in [0, 0.05) is 0 Å². The Kier molecular flexibility index (Phi) is 1.71. The molecule has 0 aromatic rings. The summed E-state index contributed by atoms with van der Waals surface area (Å²) in [6.07, 6.45) is 8.82. The van der Waals surface area contributed by atoms with Crippen LogP contribution in [0.15, 0.2) is 0 Å². The van der Waals surface area contributed by atoms with Gasteiger partial charge in [0.15, 0.2) is 0 Å². The molecule has 0 spiro atoms. The number of rotatable bonds is 1. The van der Waals surface area contributed by atoms with Crippen molar-refractivity contribution >= 4 is 5.91 Å². The first-order valence-corrected chi connectivity index (χ1v) is 6.04. The molecule has 0 aromatic carbocycles. The lowest BCUT2D eigenvalue weighted by Crippen LogP contribution is -2.42. The topological polar surface area (TPSA) is 43.1 Å². The van der Waals surface area contributed by atoms with Gasteiger partial charge in [0.05, 0.1) is 5.41 Å². The van der Waals surface area contributed by atoms with Gasteiger partial charge in [-0.1, -0.05) is 12.8 Å². The molecule has 2 nitrogen and oxygen atoms in total. The van der Waals surface area contributed by atoms with E-state index in [2.05, 4.69) is 0 Å². The summed E-state index contributed by atoms with van der Waals surface area (Å²) in [5, 5.41) is 0. The molecular formula is C12H19NO. The predicted octanol–water partition coefficient (Wildman–Crippen LogP) is 2.08. The number of carbonyl (C=O) groups is 1. The van der Waals surface area contributed by atoms with E-state index >= 15 is 0 Å². The van der Waals surface area contributed by atoms with Crippen LogP contribution in [0.4, 0.5) is 0 Å². The van der Waals surface area contributed by atoms with E-state index in [4.69, 9.17) is 5.73 Å². The highest BCUT2D eigenvalue weighted by molar-refractivity contribution is 5.82. The Morgan fingerprint density at radius 2 is 2.00 bits per heavy atom. The number of carbonyl (C=O) groups excluding carboxylic acids is 1. The van der Waals surface area contributed by atoms with Crippen LogP contribution in [0.5, 0.6) is 0 Å². The monoisotopic (exact) mass is 193 g/mol. The maximum atomic E-state index is 11.7. The van der Waals surface area contributed by atoms with Crippen molar-refractivity contribution in [1.82, 2.24) is 0 Å². The molecule has 14 heavy (non-hydrogen) atoms. The second-order valence-corrected chi connectivity index (χ2v) is 5.58. The third-order valence-electron chi connectivity index (χ3n) is 5.21. The standard InChI is InChI=1S/C12H19NO/c13-11(14)12-6-5-8(7-12)9-3-1-2-4-10(9)12/h8-10H,1-7H2,(H2,13,14). The van der Waals surface area contributed by atoms with Crippen LogP contribution in [-0.4, -0.2) is 5.91 Å². The fourth-order valence-electron chi connectivity index (χ4n) is 4.63. The van der Waals surface area contributed by atoms with Crippen molar-refractivity contribution in [2.45, 2.75) is 44.9 Å². The summed E-state index contributed by atoms with van der Waals surface area (Å²) in [7, 11) is 0. The first-order valence-electron chi connectivity index (χ1n) is 6.04. The van der Waals surface area contributed by atoms with Crippen molar-refractivity contribution in [3.63, 3.8) is 0 Å². The van der Waals surface area contributed by atoms with Gasteiger partial charge in [-0.2, -0.15) is 0 Å². The highest BCUT2D eigenvalue weighted by Crippen LogP contribution is 2.64. The number of hydrogen-bond acceptors (Lipinski definition) is 1. The fourth-order valence-corrected chi connectivity index (χ4v) is 4.63. The van der Waals surface area contributed by atoms with Gasteiger partial charge < -0.3 is 5.73 Å². The zero-order chi connectivity index (χ0) is 9.76. The molecule has 3 aliphatic carbocycles. The fraction of sp³-hybridized carbons (Fsp3) is 0.917. The number of amides is 1.